The zero-order valence-corrected chi connectivity index (χ0v) is 12.8. The monoisotopic (exact) mass is 321 g/mol. The molecule has 1 N–H and O–H groups in total. The van der Waals surface area contributed by atoms with Crippen LogP contribution in [0.2, 0.25) is 0 Å². The Labute approximate surface area is 129 Å². The summed E-state index contributed by atoms with van der Waals surface area (Å²) in [5, 5.41) is 11.1. The van der Waals surface area contributed by atoms with Gasteiger partial charge < -0.3 is 10.0 Å². The molecular weight excluding hydrogens is 306 g/mol. The van der Waals surface area contributed by atoms with E-state index in [-0.39, 0.29) is 5.56 Å². The minimum absolute atomic E-state index is 0.0767. The highest BCUT2D eigenvalue weighted by atomic mass is 32.1. The topological polar surface area (TPSA) is 92.0 Å². The molecule has 1 fully saturated rings. The molecule has 1 aliphatic rings. The Kier molecular flexibility index (Phi) is 3.69. The van der Waals surface area contributed by atoms with E-state index in [0.29, 0.717) is 23.6 Å². The number of hydrogen-bond acceptors (Lipinski definition) is 5. The van der Waals surface area contributed by atoms with Gasteiger partial charge in [0.25, 0.3) is 11.5 Å². The molecule has 1 atom stereocenters. The van der Waals surface area contributed by atoms with E-state index in [1.54, 1.807) is 12.3 Å². The number of thiazole rings is 1. The number of aromatic nitrogens is 2. The molecule has 2 aromatic rings. The Morgan fingerprint density at radius 3 is 2.91 bits per heavy atom. The van der Waals surface area contributed by atoms with Crippen molar-refractivity contribution in [1.82, 2.24) is 14.3 Å². The quantitative estimate of drug-likeness (QED) is 0.895. The SMILES string of the molecule is Cc1csc2ncc(C(=O)N3CCCCC3C(=O)O)c(=O)n12. The molecule has 0 radical (unpaired) electrons. The second-order valence-corrected chi connectivity index (χ2v) is 6.16. The van der Waals surface area contributed by atoms with Crippen LogP contribution in [0.3, 0.4) is 0 Å². The fraction of sp³-hybridized carbons (Fsp3) is 0.429. The molecular formula is C14H15N3O4S. The highest BCUT2D eigenvalue weighted by Crippen LogP contribution is 2.19. The number of nitrogens with zero attached hydrogens (tertiary/aromatic N) is 3. The average molecular weight is 321 g/mol. The van der Waals surface area contributed by atoms with Crippen LogP contribution in [0.5, 0.6) is 0 Å². The van der Waals surface area contributed by atoms with Gasteiger partial charge in [0, 0.05) is 23.8 Å². The van der Waals surface area contributed by atoms with Gasteiger partial charge in [-0.25, -0.2) is 9.78 Å². The Balaban J connectivity index is 2.04. The maximum Gasteiger partial charge on any atom is 0.326 e. The number of carbonyl (C=O) groups excluding carboxylic acids is 1. The Morgan fingerprint density at radius 2 is 2.18 bits per heavy atom. The Hall–Kier alpha value is -2.22. The maximum absolute atomic E-state index is 12.6. The third kappa shape index (κ3) is 2.29. The van der Waals surface area contributed by atoms with Gasteiger partial charge in [-0.05, 0) is 26.2 Å². The van der Waals surface area contributed by atoms with Crippen molar-refractivity contribution < 1.29 is 14.7 Å². The van der Waals surface area contributed by atoms with Crippen molar-refractivity contribution in [2.75, 3.05) is 6.54 Å². The molecule has 1 aliphatic heterocycles. The molecule has 3 heterocycles. The summed E-state index contributed by atoms with van der Waals surface area (Å²) in [6.07, 6.45) is 3.17. The number of carboxylic acid groups (broad SMARTS) is 1. The van der Waals surface area contributed by atoms with E-state index < -0.39 is 23.5 Å². The predicted octanol–water partition coefficient (Wildman–Crippen LogP) is 1.14. The lowest BCUT2D eigenvalue weighted by Crippen LogP contribution is -2.49. The second-order valence-electron chi connectivity index (χ2n) is 5.32. The summed E-state index contributed by atoms with van der Waals surface area (Å²) in [6, 6.07) is -0.870. The lowest BCUT2D eigenvalue weighted by atomic mass is 10.0. The Bertz CT molecular complexity index is 810. The molecule has 116 valence electrons. The molecule has 22 heavy (non-hydrogen) atoms. The van der Waals surface area contributed by atoms with Crippen LogP contribution < -0.4 is 5.56 Å². The molecule has 1 amide bonds. The van der Waals surface area contributed by atoms with Crippen LogP contribution in [0.4, 0.5) is 0 Å². The highest BCUT2D eigenvalue weighted by Gasteiger charge is 2.33. The standard InChI is InChI=1S/C14H15N3O4S/c1-8-7-22-14-15-6-9(12(19)17(8)14)11(18)16-5-3-2-4-10(16)13(20)21/h6-7,10H,2-5H2,1H3,(H,20,21). The van der Waals surface area contributed by atoms with E-state index in [4.69, 9.17) is 0 Å². The number of fused-ring (bicyclic) bond motifs is 1. The highest BCUT2D eigenvalue weighted by molar-refractivity contribution is 7.15. The van der Waals surface area contributed by atoms with Crippen molar-refractivity contribution in [3.05, 3.63) is 33.2 Å². The van der Waals surface area contributed by atoms with E-state index >= 15 is 0 Å². The van der Waals surface area contributed by atoms with E-state index in [2.05, 4.69) is 4.98 Å². The maximum atomic E-state index is 12.6. The summed E-state index contributed by atoms with van der Waals surface area (Å²) in [5.74, 6) is -1.58. The molecule has 2 aromatic heterocycles. The number of amides is 1. The van der Waals surface area contributed by atoms with Gasteiger partial charge in [0.15, 0.2) is 4.96 Å². The van der Waals surface area contributed by atoms with Crippen LogP contribution in [-0.4, -0.2) is 43.9 Å². The summed E-state index contributed by atoms with van der Waals surface area (Å²) in [6.45, 7) is 2.11. The molecule has 0 spiro atoms. The number of piperidine rings is 1. The van der Waals surface area contributed by atoms with E-state index in [1.807, 2.05) is 0 Å². The minimum atomic E-state index is -1.03. The lowest BCUT2D eigenvalue weighted by Gasteiger charge is -2.32. The van der Waals surface area contributed by atoms with Crippen LogP contribution >= 0.6 is 11.3 Å². The first kappa shape index (κ1) is 14.7. The molecule has 0 bridgehead atoms. The molecule has 7 nitrogen and oxygen atoms in total. The first-order valence-corrected chi connectivity index (χ1v) is 7.88. The number of carbonyl (C=O) groups is 2. The van der Waals surface area contributed by atoms with Gasteiger partial charge in [0.05, 0.1) is 0 Å². The molecule has 3 rings (SSSR count). The van der Waals surface area contributed by atoms with Gasteiger partial charge in [0.2, 0.25) is 0 Å². The van der Waals surface area contributed by atoms with Gasteiger partial charge in [-0.1, -0.05) is 0 Å². The second kappa shape index (κ2) is 5.53. The normalized spacial score (nSPS) is 18.6. The van der Waals surface area contributed by atoms with Crippen LogP contribution in [0.15, 0.2) is 16.4 Å². The lowest BCUT2D eigenvalue weighted by molar-refractivity contribution is -0.143. The van der Waals surface area contributed by atoms with Crippen LogP contribution in [0.25, 0.3) is 4.96 Å². The van der Waals surface area contributed by atoms with Crippen molar-refractivity contribution >= 4 is 28.2 Å². The first-order valence-electron chi connectivity index (χ1n) is 7.00. The summed E-state index contributed by atoms with van der Waals surface area (Å²) in [7, 11) is 0. The molecule has 1 saturated heterocycles. The third-order valence-corrected chi connectivity index (χ3v) is 4.85. The molecule has 0 aliphatic carbocycles. The van der Waals surface area contributed by atoms with Gasteiger partial charge in [-0.15, -0.1) is 11.3 Å². The van der Waals surface area contributed by atoms with E-state index in [9.17, 15) is 19.5 Å². The zero-order valence-electron chi connectivity index (χ0n) is 12.0. The average Bonchev–Trinajstić information content (AvgIpc) is 2.89. The number of rotatable bonds is 2. The van der Waals surface area contributed by atoms with E-state index in [1.165, 1.54) is 26.8 Å². The number of likely N-dealkylation sites (tertiary alicyclic amines) is 1. The summed E-state index contributed by atoms with van der Waals surface area (Å²) in [4.78, 5) is 42.4. The van der Waals surface area contributed by atoms with E-state index in [0.717, 1.165) is 12.8 Å². The number of hydrogen-bond donors (Lipinski definition) is 1. The number of aryl methyl sites for hydroxylation is 1. The molecule has 1 unspecified atom stereocenters. The fourth-order valence-corrected chi connectivity index (χ4v) is 3.58. The van der Waals surface area contributed by atoms with Crippen molar-refractivity contribution in [3.8, 4) is 0 Å². The summed E-state index contributed by atoms with van der Waals surface area (Å²) < 4.78 is 1.39. The van der Waals surface area contributed by atoms with Crippen molar-refractivity contribution in [3.63, 3.8) is 0 Å². The van der Waals surface area contributed by atoms with Crippen LogP contribution in [0.1, 0.15) is 35.3 Å². The summed E-state index contributed by atoms with van der Waals surface area (Å²) >= 11 is 1.32. The molecule has 8 heteroatoms. The Morgan fingerprint density at radius 1 is 1.41 bits per heavy atom. The van der Waals surface area contributed by atoms with Crippen molar-refractivity contribution in [1.29, 1.82) is 0 Å². The van der Waals surface area contributed by atoms with Gasteiger partial charge in [0.1, 0.15) is 11.6 Å². The number of carboxylic acids is 1. The molecule has 0 saturated carbocycles. The smallest absolute Gasteiger partial charge is 0.326 e. The van der Waals surface area contributed by atoms with Gasteiger partial charge in [-0.3, -0.25) is 14.0 Å². The minimum Gasteiger partial charge on any atom is -0.480 e. The zero-order chi connectivity index (χ0) is 15.9. The predicted molar refractivity (Wildman–Crippen MR) is 80.4 cm³/mol. The van der Waals surface area contributed by atoms with Gasteiger partial charge >= 0.3 is 5.97 Å². The van der Waals surface area contributed by atoms with Crippen LogP contribution in [0, 0.1) is 6.92 Å². The largest absolute Gasteiger partial charge is 0.480 e. The number of aliphatic carboxylic acids is 1. The summed E-state index contributed by atoms with van der Waals surface area (Å²) in [5.41, 5.74) is 0.191. The third-order valence-electron chi connectivity index (χ3n) is 3.90. The van der Waals surface area contributed by atoms with Crippen molar-refractivity contribution in [2.45, 2.75) is 32.2 Å². The van der Waals surface area contributed by atoms with Crippen molar-refractivity contribution in [2.24, 2.45) is 0 Å². The molecule has 0 aromatic carbocycles. The first-order chi connectivity index (χ1) is 10.5. The van der Waals surface area contributed by atoms with Crippen LogP contribution in [-0.2, 0) is 4.79 Å². The fourth-order valence-electron chi connectivity index (χ4n) is 2.76. The van der Waals surface area contributed by atoms with Gasteiger partial charge in [-0.2, -0.15) is 0 Å².